The Balaban J connectivity index is 1.94. The summed E-state index contributed by atoms with van der Waals surface area (Å²) in [6, 6.07) is 7.78. The van der Waals surface area contributed by atoms with Gasteiger partial charge in [0.1, 0.15) is 11.9 Å². The summed E-state index contributed by atoms with van der Waals surface area (Å²) >= 11 is 0. The first-order chi connectivity index (χ1) is 12.2. The van der Waals surface area contributed by atoms with Crippen molar-refractivity contribution < 1.29 is 14.3 Å². The molecule has 5 heteroatoms. The number of hydrogen-bond donors (Lipinski definition) is 1. The molecule has 1 saturated carbocycles. The van der Waals surface area contributed by atoms with E-state index in [1.54, 1.807) is 0 Å². The Morgan fingerprint density at radius 2 is 1.96 bits per heavy atom. The van der Waals surface area contributed by atoms with Gasteiger partial charge in [-0.2, -0.15) is 0 Å². The normalized spacial score (nSPS) is 20.3. The number of rotatable bonds is 8. The SMILES string of the molecule is CCCOc1cccc(NC(=O)OC2CCCCC2N(CC)CC)c1. The Morgan fingerprint density at radius 3 is 2.68 bits per heavy atom. The molecule has 1 aromatic carbocycles. The molecule has 0 spiro atoms. The zero-order valence-electron chi connectivity index (χ0n) is 15.8. The number of carbonyl (C=O) groups excluding carboxylic acids is 1. The zero-order chi connectivity index (χ0) is 18.1. The number of ether oxygens (including phenoxy) is 2. The van der Waals surface area contributed by atoms with Crippen LogP contribution >= 0.6 is 0 Å². The van der Waals surface area contributed by atoms with E-state index in [-0.39, 0.29) is 12.2 Å². The average Bonchev–Trinajstić information content (AvgIpc) is 2.62. The third kappa shape index (κ3) is 5.92. The Kier molecular flexibility index (Phi) is 8.06. The van der Waals surface area contributed by atoms with Crippen LogP contribution in [0.4, 0.5) is 10.5 Å². The fraction of sp³-hybridized carbons (Fsp3) is 0.650. The molecule has 0 aromatic heterocycles. The molecule has 0 heterocycles. The monoisotopic (exact) mass is 348 g/mol. The summed E-state index contributed by atoms with van der Waals surface area (Å²) < 4.78 is 11.4. The van der Waals surface area contributed by atoms with Crippen molar-refractivity contribution in [3.05, 3.63) is 24.3 Å². The lowest BCUT2D eigenvalue weighted by Crippen LogP contribution is -2.47. The lowest BCUT2D eigenvalue weighted by Gasteiger charge is -2.38. The summed E-state index contributed by atoms with van der Waals surface area (Å²) in [7, 11) is 0. The van der Waals surface area contributed by atoms with Crippen molar-refractivity contribution in [1.82, 2.24) is 4.90 Å². The largest absolute Gasteiger partial charge is 0.494 e. The number of benzene rings is 1. The molecule has 1 aliphatic rings. The van der Waals surface area contributed by atoms with Gasteiger partial charge in [0.2, 0.25) is 0 Å². The van der Waals surface area contributed by atoms with E-state index in [1.807, 2.05) is 24.3 Å². The summed E-state index contributed by atoms with van der Waals surface area (Å²) in [6.07, 6.45) is 4.91. The van der Waals surface area contributed by atoms with E-state index in [9.17, 15) is 4.79 Å². The zero-order valence-corrected chi connectivity index (χ0v) is 15.8. The van der Waals surface area contributed by atoms with E-state index in [4.69, 9.17) is 9.47 Å². The van der Waals surface area contributed by atoms with Crippen LogP contribution in [-0.4, -0.2) is 42.8 Å². The van der Waals surface area contributed by atoms with Gasteiger partial charge >= 0.3 is 6.09 Å². The number of likely N-dealkylation sites (N-methyl/N-ethyl adjacent to an activating group) is 1. The first-order valence-electron chi connectivity index (χ1n) is 9.62. The number of amides is 1. The third-order valence-corrected chi connectivity index (χ3v) is 4.76. The van der Waals surface area contributed by atoms with Crippen molar-refractivity contribution in [3.8, 4) is 5.75 Å². The van der Waals surface area contributed by atoms with Gasteiger partial charge in [-0.3, -0.25) is 10.2 Å². The fourth-order valence-corrected chi connectivity index (χ4v) is 3.49. The summed E-state index contributed by atoms with van der Waals surface area (Å²) in [5, 5.41) is 2.84. The van der Waals surface area contributed by atoms with Crippen molar-refractivity contribution in [1.29, 1.82) is 0 Å². The van der Waals surface area contributed by atoms with Crippen molar-refractivity contribution in [2.45, 2.75) is 65.0 Å². The third-order valence-electron chi connectivity index (χ3n) is 4.76. The predicted octanol–water partition coefficient (Wildman–Crippen LogP) is 4.68. The van der Waals surface area contributed by atoms with Crippen LogP contribution in [0.25, 0.3) is 0 Å². The van der Waals surface area contributed by atoms with Crippen LogP contribution in [0.2, 0.25) is 0 Å². The lowest BCUT2D eigenvalue weighted by molar-refractivity contribution is 0.0125. The van der Waals surface area contributed by atoms with E-state index >= 15 is 0 Å². The Bertz CT molecular complexity index is 531. The molecular weight excluding hydrogens is 316 g/mol. The molecule has 0 aliphatic heterocycles. The maximum absolute atomic E-state index is 12.4. The highest BCUT2D eigenvalue weighted by Crippen LogP contribution is 2.26. The van der Waals surface area contributed by atoms with E-state index in [2.05, 4.69) is 31.0 Å². The van der Waals surface area contributed by atoms with Gasteiger partial charge in [0.25, 0.3) is 0 Å². The van der Waals surface area contributed by atoms with Crippen molar-refractivity contribution in [2.75, 3.05) is 25.0 Å². The Hall–Kier alpha value is -1.75. The van der Waals surface area contributed by atoms with Gasteiger partial charge in [0.05, 0.1) is 6.61 Å². The van der Waals surface area contributed by atoms with Gasteiger partial charge in [-0.25, -0.2) is 4.79 Å². The highest BCUT2D eigenvalue weighted by atomic mass is 16.6. The summed E-state index contributed by atoms with van der Waals surface area (Å²) in [6.45, 7) is 9.03. The number of nitrogens with zero attached hydrogens (tertiary/aromatic N) is 1. The maximum Gasteiger partial charge on any atom is 0.411 e. The molecule has 2 unspecified atom stereocenters. The maximum atomic E-state index is 12.4. The topological polar surface area (TPSA) is 50.8 Å². The minimum Gasteiger partial charge on any atom is -0.494 e. The Labute approximate surface area is 151 Å². The van der Waals surface area contributed by atoms with Crippen molar-refractivity contribution >= 4 is 11.8 Å². The van der Waals surface area contributed by atoms with Crippen LogP contribution in [0, 0.1) is 0 Å². The molecule has 1 N–H and O–H groups in total. The number of carbonyl (C=O) groups is 1. The predicted molar refractivity (Wildman–Crippen MR) is 101 cm³/mol. The molecule has 1 aromatic rings. The standard InChI is InChI=1S/C20H32N2O3/c1-4-14-24-17-11-9-10-16(15-17)21-20(23)25-19-13-8-7-12-18(19)22(5-2)6-3/h9-11,15,18-19H,4-8,12-14H2,1-3H3,(H,21,23). The summed E-state index contributed by atoms with van der Waals surface area (Å²) in [5.41, 5.74) is 0.703. The summed E-state index contributed by atoms with van der Waals surface area (Å²) in [5.74, 6) is 0.762. The Morgan fingerprint density at radius 1 is 1.20 bits per heavy atom. The first-order valence-corrected chi connectivity index (χ1v) is 9.62. The van der Waals surface area contributed by atoms with E-state index < -0.39 is 0 Å². The van der Waals surface area contributed by atoms with Gasteiger partial charge in [0.15, 0.2) is 0 Å². The van der Waals surface area contributed by atoms with Crippen LogP contribution in [-0.2, 0) is 4.74 Å². The van der Waals surface area contributed by atoms with Gasteiger partial charge in [-0.15, -0.1) is 0 Å². The summed E-state index contributed by atoms with van der Waals surface area (Å²) in [4.78, 5) is 14.8. The van der Waals surface area contributed by atoms with Gasteiger partial charge < -0.3 is 9.47 Å². The van der Waals surface area contributed by atoms with Gasteiger partial charge in [0, 0.05) is 17.8 Å². The lowest BCUT2D eigenvalue weighted by atomic mass is 9.91. The molecule has 0 bridgehead atoms. The van der Waals surface area contributed by atoms with Gasteiger partial charge in [-0.1, -0.05) is 33.3 Å². The van der Waals surface area contributed by atoms with Crippen molar-refractivity contribution in [2.24, 2.45) is 0 Å². The molecule has 140 valence electrons. The molecule has 25 heavy (non-hydrogen) atoms. The second-order valence-corrected chi connectivity index (χ2v) is 6.52. The molecule has 1 amide bonds. The van der Waals surface area contributed by atoms with E-state index in [0.717, 1.165) is 44.5 Å². The molecule has 0 radical (unpaired) electrons. The van der Waals surface area contributed by atoms with E-state index in [1.165, 1.54) is 6.42 Å². The quantitative estimate of drug-likeness (QED) is 0.741. The first kappa shape index (κ1) is 19.6. The highest BCUT2D eigenvalue weighted by Gasteiger charge is 2.31. The van der Waals surface area contributed by atoms with Crippen LogP contribution < -0.4 is 10.1 Å². The minimum absolute atomic E-state index is 0.0341. The molecule has 1 fully saturated rings. The molecule has 1 aliphatic carbocycles. The smallest absolute Gasteiger partial charge is 0.411 e. The second-order valence-electron chi connectivity index (χ2n) is 6.52. The van der Waals surface area contributed by atoms with Crippen LogP contribution in [0.5, 0.6) is 5.75 Å². The van der Waals surface area contributed by atoms with Crippen LogP contribution in [0.15, 0.2) is 24.3 Å². The van der Waals surface area contributed by atoms with Gasteiger partial charge in [-0.05, 0) is 50.9 Å². The van der Waals surface area contributed by atoms with Crippen LogP contribution in [0.1, 0.15) is 52.9 Å². The minimum atomic E-state index is -0.378. The second kappa shape index (κ2) is 10.3. The average molecular weight is 348 g/mol. The molecule has 2 atom stereocenters. The van der Waals surface area contributed by atoms with Crippen LogP contribution in [0.3, 0.4) is 0 Å². The van der Waals surface area contributed by atoms with Crippen molar-refractivity contribution in [3.63, 3.8) is 0 Å². The molecule has 2 rings (SSSR count). The van der Waals surface area contributed by atoms with E-state index in [0.29, 0.717) is 18.3 Å². The highest BCUT2D eigenvalue weighted by molar-refractivity contribution is 5.85. The number of anilines is 1. The molecule has 0 saturated heterocycles. The number of hydrogen-bond acceptors (Lipinski definition) is 4. The molecular formula is C20H32N2O3. The fourth-order valence-electron chi connectivity index (χ4n) is 3.49. The number of nitrogens with one attached hydrogen (secondary N) is 1. The molecule has 5 nitrogen and oxygen atoms in total.